The van der Waals surface area contributed by atoms with Gasteiger partial charge in [-0.2, -0.15) is 0 Å². The number of amides is 1. The standard InChI is InChI=1S/C21H24N6O/c28-21(17-14-27-13-10-22-9-7-19(27)24-17)25-16-5-6-18(26-11-1-2-12-26)20-15(16)4-3-8-23-20/h3-6,8,14,22H,1-2,7,9-13H2,(H,25,28). The maximum Gasteiger partial charge on any atom is 0.275 e. The fourth-order valence-corrected chi connectivity index (χ4v) is 4.15. The normalized spacial score (nSPS) is 16.8. The summed E-state index contributed by atoms with van der Waals surface area (Å²) in [4.78, 5) is 24.4. The molecule has 0 aliphatic carbocycles. The molecular formula is C21H24N6O. The number of aromatic nitrogens is 3. The Morgan fingerprint density at radius 1 is 1.11 bits per heavy atom. The molecule has 7 heteroatoms. The Bertz CT molecular complexity index is 997. The molecular weight excluding hydrogens is 352 g/mol. The molecule has 2 aromatic heterocycles. The molecule has 1 fully saturated rings. The number of carbonyl (C=O) groups is 1. The molecule has 1 saturated heterocycles. The van der Waals surface area contributed by atoms with E-state index in [1.807, 2.05) is 30.6 Å². The molecule has 144 valence electrons. The predicted molar refractivity (Wildman–Crippen MR) is 110 cm³/mol. The Morgan fingerprint density at radius 2 is 2.00 bits per heavy atom. The minimum absolute atomic E-state index is 0.174. The lowest BCUT2D eigenvalue weighted by atomic mass is 10.1. The van der Waals surface area contributed by atoms with Crippen LogP contribution in [-0.4, -0.2) is 46.6 Å². The molecule has 0 unspecified atom stereocenters. The fourth-order valence-electron chi connectivity index (χ4n) is 4.15. The van der Waals surface area contributed by atoms with Crippen LogP contribution in [0.15, 0.2) is 36.7 Å². The maximum absolute atomic E-state index is 12.9. The summed E-state index contributed by atoms with van der Waals surface area (Å²) in [5.74, 6) is 0.790. The number of anilines is 2. The van der Waals surface area contributed by atoms with E-state index in [0.717, 1.165) is 67.2 Å². The van der Waals surface area contributed by atoms with E-state index in [9.17, 15) is 4.79 Å². The third-order valence-electron chi connectivity index (χ3n) is 5.59. The topological polar surface area (TPSA) is 75.1 Å². The molecule has 0 saturated carbocycles. The summed E-state index contributed by atoms with van der Waals surface area (Å²) in [6, 6.07) is 7.99. The molecule has 4 heterocycles. The number of hydrogen-bond donors (Lipinski definition) is 2. The molecule has 28 heavy (non-hydrogen) atoms. The number of rotatable bonds is 3. The molecule has 0 spiro atoms. The van der Waals surface area contributed by atoms with Gasteiger partial charge in [0.2, 0.25) is 0 Å². The largest absolute Gasteiger partial charge is 0.370 e. The number of benzene rings is 1. The predicted octanol–water partition coefficient (Wildman–Crippen LogP) is 2.43. The van der Waals surface area contributed by atoms with E-state index in [-0.39, 0.29) is 5.91 Å². The number of imidazole rings is 1. The van der Waals surface area contributed by atoms with E-state index in [1.54, 1.807) is 0 Å². The number of carbonyl (C=O) groups excluding carboxylic acids is 1. The molecule has 5 rings (SSSR count). The monoisotopic (exact) mass is 376 g/mol. The van der Waals surface area contributed by atoms with Crippen molar-refractivity contribution in [1.82, 2.24) is 19.9 Å². The first kappa shape index (κ1) is 17.2. The summed E-state index contributed by atoms with van der Waals surface area (Å²) in [5, 5.41) is 7.36. The summed E-state index contributed by atoms with van der Waals surface area (Å²) in [5.41, 5.74) is 3.33. The van der Waals surface area contributed by atoms with Gasteiger partial charge in [-0.15, -0.1) is 0 Å². The van der Waals surface area contributed by atoms with Gasteiger partial charge in [-0.1, -0.05) is 0 Å². The van der Waals surface area contributed by atoms with E-state index in [2.05, 4.69) is 36.1 Å². The smallest absolute Gasteiger partial charge is 0.275 e. The average molecular weight is 376 g/mol. The third-order valence-corrected chi connectivity index (χ3v) is 5.59. The van der Waals surface area contributed by atoms with Crippen molar-refractivity contribution in [2.75, 3.05) is 36.4 Å². The minimum Gasteiger partial charge on any atom is -0.370 e. The lowest BCUT2D eigenvalue weighted by Gasteiger charge is -2.20. The molecule has 7 nitrogen and oxygen atoms in total. The van der Waals surface area contributed by atoms with Crippen molar-refractivity contribution in [1.29, 1.82) is 0 Å². The molecule has 1 aromatic carbocycles. The van der Waals surface area contributed by atoms with Crippen molar-refractivity contribution < 1.29 is 4.79 Å². The van der Waals surface area contributed by atoms with Gasteiger partial charge < -0.3 is 20.1 Å². The van der Waals surface area contributed by atoms with Gasteiger partial charge in [-0.25, -0.2) is 4.98 Å². The highest BCUT2D eigenvalue weighted by Gasteiger charge is 2.19. The van der Waals surface area contributed by atoms with Gasteiger partial charge in [0.1, 0.15) is 11.5 Å². The minimum atomic E-state index is -0.174. The molecule has 0 atom stereocenters. The van der Waals surface area contributed by atoms with Crippen LogP contribution < -0.4 is 15.5 Å². The van der Waals surface area contributed by atoms with Crippen molar-refractivity contribution in [3.05, 3.63) is 48.2 Å². The zero-order valence-electron chi connectivity index (χ0n) is 15.8. The quantitative estimate of drug-likeness (QED) is 0.734. The highest BCUT2D eigenvalue weighted by molar-refractivity contribution is 6.09. The van der Waals surface area contributed by atoms with Crippen LogP contribution >= 0.6 is 0 Å². The molecule has 2 aliphatic heterocycles. The zero-order valence-corrected chi connectivity index (χ0v) is 15.8. The van der Waals surface area contributed by atoms with E-state index >= 15 is 0 Å². The first-order chi connectivity index (χ1) is 13.8. The van der Waals surface area contributed by atoms with E-state index in [1.165, 1.54) is 12.8 Å². The van der Waals surface area contributed by atoms with Gasteiger partial charge in [-0.05, 0) is 37.1 Å². The number of pyridine rings is 1. The van der Waals surface area contributed by atoms with E-state index in [0.29, 0.717) is 5.69 Å². The van der Waals surface area contributed by atoms with Crippen LogP contribution in [0.4, 0.5) is 11.4 Å². The van der Waals surface area contributed by atoms with Crippen molar-refractivity contribution in [2.24, 2.45) is 0 Å². The summed E-state index contributed by atoms with van der Waals surface area (Å²) in [6.07, 6.45) is 6.94. The van der Waals surface area contributed by atoms with Crippen LogP contribution in [0.2, 0.25) is 0 Å². The van der Waals surface area contributed by atoms with Gasteiger partial charge in [0.15, 0.2) is 0 Å². The highest BCUT2D eigenvalue weighted by Crippen LogP contribution is 2.32. The molecule has 1 amide bonds. The van der Waals surface area contributed by atoms with E-state index in [4.69, 9.17) is 0 Å². The Kier molecular flexibility index (Phi) is 4.44. The van der Waals surface area contributed by atoms with Crippen molar-refractivity contribution in [3.63, 3.8) is 0 Å². The van der Waals surface area contributed by atoms with Crippen LogP contribution in [0, 0.1) is 0 Å². The first-order valence-corrected chi connectivity index (χ1v) is 10.0. The third kappa shape index (κ3) is 3.11. The number of fused-ring (bicyclic) bond motifs is 2. The van der Waals surface area contributed by atoms with Crippen molar-refractivity contribution in [2.45, 2.75) is 25.8 Å². The van der Waals surface area contributed by atoms with Gasteiger partial charge in [0.25, 0.3) is 5.91 Å². The van der Waals surface area contributed by atoms with Crippen LogP contribution in [-0.2, 0) is 13.0 Å². The lowest BCUT2D eigenvalue weighted by Crippen LogP contribution is -2.19. The second kappa shape index (κ2) is 7.24. The Morgan fingerprint density at radius 3 is 2.89 bits per heavy atom. The summed E-state index contributed by atoms with van der Waals surface area (Å²) < 4.78 is 2.07. The maximum atomic E-state index is 12.9. The first-order valence-electron chi connectivity index (χ1n) is 10.0. The zero-order chi connectivity index (χ0) is 18.9. The van der Waals surface area contributed by atoms with Crippen LogP contribution in [0.3, 0.4) is 0 Å². The van der Waals surface area contributed by atoms with Gasteiger partial charge in [-0.3, -0.25) is 9.78 Å². The Hall–Kier alpha value is -2.93. The van der Waals surface area contributed by atoms with Crippen molar-refractivity contribution >= 4 is 28.2 Å². The van der Waals surface area contributed by atoms with Gasteiger partial charge >= 0.3 is 0 Å². The fraction of sp³-hybridized carbons (Fsp3) is 0.381. The summed E-state index contributed by atoms with van der Waals surface area (Å²) in [6.45, 7) is 4.76. The second-order valence-electron chi connectivity index (χ2n) is 7.42. The Balaban J connectivity index is 1.45. The molecule has 0 bridgehead atoms. The molecule has 0 radical (unpaired) electrons. The van der Waals surface area contributed by atoms with Crippen molar-refractivity contribution in [3.8, 4) is 0 Å². The number of nitrogens with zero attached hydrogens (tertiary/aromatic N) is 4. The lowest BCUT2D eigenvalue weighted by molar-refractivity contribution is 0.102. The molecule has 2 aliphatic rings. The highest BCUT2D eigenvalue weighted by atomic mass is 16.1. The van der Waals surface area contributed by atoms with Gasteiger partial charge in [0.05, 0.1) is 16.9 Å². The molecule has 3 aromatic rings. The second-order valence-corrected chi connectivity index (χ2v) is 7.42. The van der Waals surface area contributed by atoms with Crippen LogP contribution in [0.1, 0.15) is 29.2 Å². The molecule has 2 N–H and O–H groups in total. The van der Waals surface area contributed by atoms with Crippen LogP contribution in [0.25, 0.3) is 10.9 Å². The number of nitrogens with one attached hydrogen (secondary N) is 2. The van der Waals surface area contributed by atoms with E-state index < -0.39 is 0 Å². The average Bonchev–Trinajstić information content (AvgIpc) is 3.34. The summed E-state index contributed by atoms with van der Waals surface area (Å²) >= 11 is 0. The SMILES string of the molecule is O=C(Nc1ccc(N2CCCC2)c2ncccc12)c1cn2c(n1)CCNCC2. The van der Waals surface area contributed by atoms with Gasteiger partial charge in [0, 0.05) is 56.9 Å². The Labute approximate surface area is 163 Å². The summed E-state index contributed by atoms with van der Waals surface area (Å²) in [7, 11) is 0. The number of hydrogen-bond acceptors (Lipinski definition) is 5. The van der Waals surface area contributed by atoms with Crippen LogP contribution in [0.5, 0.6) is 0 Å².